The molecule has 0 atom stereocenters. The van der Waals surface area contributed by atoms with E-state index in [1.165, 1.54) is 6.07 Å². The average Bonchev–Trinajstić information content (AvgIpc) is 2.41. The zero-order valence-corrected chi connectivity index (χ0v) is 11.7. The number of ether oxygens (including phenoxy) is 1. The molecule has 0 saturated carbocycles. The number of H-pyrrole nitrogens is 1. The van der Waals surface area contributed by atoms with Crippen LogP contribution in [-0.4, -0.2) is 23.1 Å². The van der Waals surface area contributed by atoms with Crippen LogP contribution in [0.4, 0.5) is 0 Å². The van der Waals surface area contributed by atoms with Crippen molar-refractivity contribution in [2.75, 3.05) is 13.2 Å². The zero-order chi connectivity index (χ0) is 14.4. The number of aromatic nitrogens is 2. The first-order valence-corrected chi connectivity index (χ1v) is 6.73. The van der Waals surface area contributed by atoms with Crippen molar-refractivity contribution < 1.29 is 4.74 Å². The first-order chi connectivity index (χ1) is 9.69. The molecule has 106 valence electrons. The van der Waals surface area contributed by atoms with E-state index in [1.54, 1.807) is 12.1 Å². The summed E-state index contributed by atoms with van der Waals surface area (Å²) in [5.74, 6) is 1.21. The number of nitrogens with one attached hydrogen (secondary N) is 1. The van der Waals surface area contributed by atoms with Crippen LogP contribution >= 0.6 is 11.6 Å². The molecule has 0 aliphatic heterocycles. The number of aromatic amines is 1. The van der Waals surface area contributed by atoms with E-state index in [2.05, 4.69) is 9.97 Å². The Morgan fingerprint density at radius 3 is 2.85 bits per heavy atom. The zero-order valence-electron chi connectivity index (χ0n) is 10.9. The molecule has 0 radical (unpaired) electrons. The lowest BCUT2D eigenvalue weighted by Crippen LogP contribution is -2.17. The summed E-state index contributed by atoms with van der Waals surface area (Å²) >= 11 is 5.99. The van der Waals surface area contributed by atoms with Crippen molar-refractivity contribution in [3.8, 4) is 5.75 Å². The number of nitrogens with two attached hydrogens (primary N) is 1. The number of nitrogens with zero attached hydrogens (tertiary/aromatic N) is 1. The van der Waals surface area contributed by atoms with Crippen LogP contribution in [0.1, 0.15) is 11.5 Å². The molecule has 0 saturated heterocycles. The summed E-state index contributed by atoms with van der Waals surface area (Å²) in [5, 5.41) is 0.561. The fraction of sp³-hybridized carbons (Fsp3) is 0.286. The molecule has 20 heavy (non-hydrogen) atoms. The van der Waals surface area contributed by atoms with Gasteiger partial charge in [-0.25, -0.2) is 4.98 Å². The van der Waals surface area contributed by atoms with E-state index >= 15 is 0 Å². The highest BCUT2D eigenvalue weighted by molar-refractivity contribution is 6.32. The summed E-state index contributed by atoms with van der Waals surface area (Å²) in [5.41, 5.74) is 5.99. The van der Waals surface area contributed by atoms with Gasteiger partial charge >= 0.3 is 0 Å². The summed E-state index contributed by atoms with van der Waals surface area (Å²) in [6.07, 6.45) is 1.08. The molecule has 0 bridgehead atoms. The van der Waals surface area contributed by atoms with E-state index in [-0.39, 0.29) is 5.56 Å². The average molecular weight is 294 g/mol. The third-order valence-electron chi connectivity index (χ3n) is 2.68. The number of para-hydroxylation sites is 1. The number of halogens is 1. The third kappa shape index (κ3) is 4.08. The molecule has 5 nitrogen and oxygen atoms in total. The summed E-state index contributed by atoms with van der Waals surface area (Å²) in [6, 6.07) is 8.71. The maximum atomic E-state index is 11.5. The molecule has 0 spiro atoms. The molecular formula is C14H16ClN3O2. The molecular weight excluding hydrogens is 278 g/mol. The molecule has 0 aliphatic carbocycles. The molecule has 1 aromatic carbocycles. The Morgan fingerprint density at radius 1 is 1.30 bits per heavy atom. The Balaban J connectivity index is 1.97. The van der Waals surface area contributed by atoms with Crippen molar-refractivity contribution in [3.63, 3.8) is 0 Å². The van der Waals surface area contributed by atoms with Gasteiger partial charge in [0.05, 0.1) is 11.6 Å². The summed E-state index contributed by atoms with van der Waals surface area (Å²) < 4.78 is 5.56. The molecule has 0 amide bonds. The van der Waals surface area contributed by atoms with Gasteiger partial charge in [-0.15, -0.1) is 0 Å². The standard InChI is InChI=1S/C14H16ClN3O2/c15-11-3-1-2-4-12(11)20-8-6-13-17-10(5-7-16)9-14(19)18-13/h1-4,9H,5-8,16H2,(H,17,18,19). The first kappa shape index (κ1) is 14.6. The fourth-order valence-corrected chi connectivity index (χ4v) is 1.97. The Hall–Kier alpha value is -1.85. The number of benzene rings is 1. The van der Waals surface area contributed by atoms with Crippen molar-refractivity contribution in [2.45, 2.75) is 12.8 Å². The predicted molar refractivity (Wildman–Crippen MR) is 78.3 cm³/mol. The molecule has 6 heteroatoms. The molecule has 0 aliphatic rings. The molecule has 2 aromatic rings. The van der Waals surface area contributed by atoms with Gasteiger partial charge in [0.15, 0.2) is 0 Å². The van der Waals surface area contributed by atoms with Crippen LogP contribution in [0.25, 0.3) is 0 Å². The Bertz CT molecular complexity index is 628. The molecule has 2 rings (SSSR count). The van der Waals surface area contributed by atoms with Gasteiger partial charge in [-0.1, -0.05) is 23.7 Å². The van der Waals surface area contributed by atoms with Crippen molar-refractivity contribution in [1.82, 2.24) is 9.97 Å². The van der Waals surface area contributed by atoms with Gasteiger partial charge in [0.25, 0.3) is 5.56 Å². The van der Waals surface area contributed by atoms with E-state index in [0.29, 0.717) is 48.3 Å². The van der Waals surface area contributed by atoms with Crippen molar-refractivity contribution in [3.05, 3.63) is 57.2 Å². The molecule has 0 fully saturated rings. The predicted octanol–water partition coefficient (Wildman–Crippen LogP) is 1.55. The molecule has 1 aromatic heterocycles. The molecule has 0 unspecified atom stereocenters. The van der Waals surface area contributed by atoms with Crippen molar-refractivity contribution in [1.29, 1.82) is 0 Å². The SMILES string of the molecule is NCCc1cc(=O)[nH]c(CCOc2ccccc2Cl)n1. The lowest BCUT2D eigenvalue weighted by atomic mass is 10.3. The second-order valence-electron chi connectivity index (χ2n) is 4.25. The van der Waals surface area contributed by atoms with Crippen LogP contribution in [0.5, 0.6) is 5.75 Å². The Kier molecular flexibility index (Phi) is 5.15. The van der Waals surface area contributed by atoms with Gasteiger partial charge in [-0.2, -0.15) is 0 Å². The van der Waals surface area contributed by atoms with E-state index < -0.39 is 0 Å². The number of rotatable bonds is 6. The maximum Gasteiger partial charge on any atom is 0.251 e. The van der Waals surface area contributed by atoms with E-state index in [4.69, 9.17) is 22.1 Å². The highest BCUT2D eigenvalue weighted by atomic mass is 35.5. The van der Waals surface area contributed by atoms with Crippen LogP contribution < -0.4 is 16.0 Å². The van der Waals surface area contributed by atoms with Gasteiger partial charge in [0.1, 0.15) is 11.6 Å². The monoisotopic (exact) mass is 293 g/mol. The fourth-order valence-electron chi connectivity index (χ4n) is 1.78. The van der Waals surface area contributed by atoms with Crippen LogP contribution in [-0.2, 0) is 12.8 Å². The molecule has 1 heterocycles. The van der Waals surface area contributed by atoms with Gasteiger partial charge < -0.3 is 15.5 Å². The highest BCUT2D eigenvalue weighted by Gasteiger charge is 2.03. The van der Waals surface area contributed by atoms with Crippen molar-refractivity contribution >= 4 is 11.6 Å². The van der Waals surface area contributed by atoms with Gasteiger partial charge in [-0.3, -0.25) is 4.79 Å². The second kappa shape index (κ2) is 7.07. The van der Waals surface area contributed by atoms with Crippen LogP contribution in [0.15, 0.2) is 35.1 Å². The number of hydrogen-bond acceptors (Lipinski definition) is 4. The quantitative estimate of drug-likeness (QED) is 0.846. The normalized spacial score (nSPS) is 10.5. The maximum absolute atomic E-state index is 11.5. The third-order valence-corrected chi connectivity index (χ3v) is 2.99. The molecule has 3 N–H and O–H groups in total. The van der Waals surface area contributed by atoms with Gasteiger partial charge in [-0.05, 0) is 18.7 Å². The summed E-state index contributed by atoms with van der Waals surface area (Å²) in [7, 11) is 0. The minimum atomic E-state index is -0.170. The van der Waals surface area contributed by atoms with Gasteiger partial charge in [0, 0.05) is 24.6 Å². The number of hydrogen-bond donors (Lipinski definition) is 2. The summed E-state index contributed by atoms with van der Waals surface area (Å²) in [6.45, 7) is 0.852. The highest BCUT2D eigenvalue weighted by Crippen LogP contribution is 2.22. The Labute approximate surface area is 121 Å². The minimum absolute atomic E-state index is 0.170. The van der Waals surface area contributed by atoms with E-state index in [1.807, 2.05) is 12.1 Å². The van der Waals surface area contributed by atoms with E-state index in [0.717, 1.165) is 0 Å². The lowest BCUT2D eigenvalue weighted by molar-refractivity contribution is 0.319. The minimum Gasteiger partial charge on any atom is -0.492 e. The van der Waals surface area contributed by atoms with Gasteiger partial charge in [0.2, 0.25) is 0 Å². The Morgan fingerprint density at radius 2 is 2.10 bits per heavy atom. The smallest absolute Gasteiger partial charge is 0.251 e. The van der Waals surface area contributed by atoms with Crippen molar-refractivity contribution in [2.24, 2.45) is 5.73 Å². The second-order valence-corrected chi connectivity index (χ2v) is 4.66. The first-order valence-electron chi connectivity index (χ1n) is 6.35. The summed E-state index contributed by atoms with van der Waals surface area (Å²) in [4.78, 5) is 18.5. The largest absolute Gasteiger partial charge is 0.492 e. The van der Waals surface area contributed by atoms with Crippen LogP contribution in [0.3, 0.4) is 0 Å². The lowest BCUT2D eigenvalue weighted by Gasteiger charge is -2.08. The van der Waals surface area contributed by atoms with E-state index in [9.17, 15) is 4.79 Å². The van der Waals surface area contributed by atoms with Crippen LogP contribution in [0.2, 0.25) is 5.02 Å². The topological polar surface area (TPSA) is 81.0 Å². The van der Waals surface area contributed by atoms with Crippen LogP contribution in [0, 0.1) is 0 Å².